The van der Waals surface area contributed by atoms with Crippen LogP contribution in [0.1, 0.15) is 43.1 Å². The van der Waals surface area contributed by atoms with Crippen molar-refractivity contribution in [2.75, 3.05) is 0 Å². The minimum Gasteiger partial charge on any atom is -0.350 e. The van der Waals surface area contributed by atoms with Crippen molar-refractivity contribution in [3.05, 3.63) is 27.7 Å². The van der Waals surface area contributed by atoms with Crippen LogP contribution >= 0.6 is 15.9 Å². The Kier molecular flexibility index (Phi) is 5.95. The van der Waals surface area contributed by atoms with Crippen LogP contribution in [0.3, 0.4) is 0 Å². The predicted octanol–water partition coefficient (Wildman–Crippen LogP) is 2.57. The summed E-state index contributed by atoms with van der Waals surface area (Å²) in [6.45, 7) is 7.79. The molecule has 3 N–H and O–H groups in total. The zero-order valence-electron chi connectivity index (χ0n) is 12.6. The molecule has 0 spiro atoms. The lowest BCUT2D eigenvalue weighted by Gasteiger charge is -2.17. The van der Waals surface area contributed by atoms with Crippen LogP contribution in [0.2, 0.25) is 0 Å². The molecule has 0 saturated carbocycles. The molecule has 5 nitrogen and oxygen atoms in total. The van der Waals surface area contributed by atoms with Crippen LogP contribution in [0, 0.1) is 12.8 Å². The molecule has 21 heavy (non-hydrogen) atoms. The van der Waals surface area contributed by atoms with Gasteiger partial charge in [0.25, 0.3) is 5.91 Å². The van der Waals surface area contributed by atoms with Crippen molar-refractivity contribution >= 4 is 31.9 Å². The first-order valence-corrected chi connectivity index (χ1v) is 9.00. The Hall–Kier alpha value is -0.920. The number of nitrogens with two attached hydrogens (primary N) is 1. The topological polar surface area (TPSA) is 89.3 Å². The van der Waals surface area contributed by atoms with Crippen molar-refractivity contribution < 1.29 is 13.2 Å². The van der Waals surface area contributed by atoms with Gasteiger partial charge in [0.1, 0.15) is 0 Å². The number of hydrogen-bond acceptors (Lipinski definition) is 3. The summed E-state index contributed by atoms with van der Waals surface area (Å²) in [7, 11) is -3.89. The van der Waals surface area contributed by atoms with Gasteiger partial charge in [0.15, 0.2) is 0 Å². The maximum atomic E-state index is 12.2. The molecule has 0 bridgehead atoms. The molecule has 0 radical (unpaired) electrons. The maximum absolute atomic E-state index is 12.2. The summed E-state index contributed by atoms with van der Waals surface area (Å²) in [5, 5.41) is 8.04. The lowest BCUT2D eigenvalue weighted by molar-refractivity contribution is 0.0936. The van der Waals surface area contributed by atoms with Crippen molar-refractivity contribution in [1.29, 1.82) is 0 Å². The molecule has 0 aliphatic rings. The van der Waals surface area contributed by atoms with E-state index in [-0.39, 0.29) is 22.4 Å². The number of carbonyl (C=O) groups excluding carboxylic acids is 1. The third-order valence-electron chi connectivity index (χ3n) is 2.99. The van der Waals surface area contributed by atoms with Crippen LogP contribution in [-0.4, -0.2) is 20.4 Å². The first-order chi connectivity index (χ1) is 9.52. The van der Waals surface area contributed by atoms with Crippen molar-refractivity contribution in [3.8, 4) is 0 Å². The van der Waals surface area contributed by atoms with Crippen LogP contribution in [0.4, 0.5) is 0 Å². The summed E-state index contributed by atoms with van der Waals surface area (Å²) in [6.07, 6.45) is 0.850. The summed E-state index contributed by atoms with van der Waals surface area (Å²) in [6, 6.07) is 2.94. The van der Waals surface area contributed by atoms with Crippen molar-refractivity contribution in [1.82, 2.24) is 5.32 Å². The molecule has 1 aromatic rings. The lowest BCUT2D eigenvalue weighted by atomic mass is 10.0. The van der Waals surface area contributed by atoms with E-state index in [4.69, 9.17) is 5.14 Å². The molecular weight excluding hydrogens is 356 g/mol. The van der Waals surface area contributed by atoms with E-state index >= 15 is 0 Å². The summed E-state index contributed by atoms with van der Waals surface area (Å²) < 4.78 is 23.5. The minimum atomic E-state index is -3.89. The maximum Gasteiger partial charge on any atom is 0.251 e. The number of primary sulfonamides is 1. The molecule has 1 aromatic carbocycles. The Balaban J connectivity index is 3.09. The first-order valence-electron chi connectivity index (χ1n) is 6.66. The van der Waals surface area contributed by atoms with E-state index in [1.165, 1.54) is 6.07 Å². The molecule has 0 fully saturated rings. The van der Waals surface area contributed by atoms with Gasteiger partial charge in [-0.05, 0) is 59.8 Å². The van der Waals surface area contributed by atoms with Gasteiger partial charge in [-0.3, -0.25) is 4.79 Å². The molecule has 0 saturated heterocycles. The van der Waals surface area contributed by atoms with Crippen molar-refractivity contribution in [3.63, 3.8) is 0 Å². The fourth-order valence-electron chi connectivity index (χ4n) is 2.15. The smallest absolute Gasteiger partial charge is 0.251 e. The van der Waals surface area contributed by atoms with E-state index in [0.717, 1.165) is 6.42 Å². The Morgan fingerprint density at radius 2 is 1.90 bits per heavy atom. The number of benzene rings is 1. The van der Waals surface area contributed by atoms with Crippen molar-refractivity contribution in [2.45, 2.75) is 45.1 Å². The zero-order chi connectivity index (χ0) is 16.4. The third kappa shape index (κ3) is 5.09. The molecular formula is C14H21BrN2O3S. The molecule has 0 aliphatic heterocycles. The van der Waals surface area contributed by atoms with E-state index in [0.29, 0.717) is 16.0 Å². The molecule has 1 atom stereocenters. The Morgan fingerprint density at radius 1 is 1.33 bits per heavy atom. The average Bonchev–Trinajstić information content (AvgIpc) is 2.29. The molecule has 0 aliphatic carbocycles. The number of nitrogens with one attached hydrogen (secondary N) is 1. The van der Waals surface area contributed by atoms with Gasteiger partial charge in [0, 0.05) is 16.1 Å². The molecule has 7 heteroatoms. The SMILES string of the molecule is Cc1cc(C(=O)NC(C)CC(C)C)cc(S(N)(=O)=O)c1Br. The number of aryl methyl sites for hydroxylation is 1. The zero-order valence-corrected chi connectivity index (χ0v) is 15.0. The van der Waals surface area contributed by atoms with Gasteiger partial charge in [-0.1, -0.05) is 13.8 Å². The fraction of sp³-hybridized carbons (Fsp3) is 0.500. The van der Waals surface area contributed by atoms with Crippen LogP contribution < -0.4 is 10.5 Å². The van der Waals surface area contributed by atoms with Gasteiger partial charge in [-0.15, -0.1) is 0 Å². The average molecular weight is 377 g/mol. The quantitative estimate of drug-likeness (QED) is 0.827. The Bertz CT molecular complexity index is 642. The number of halogens is 1. The van der Waals surface area contributed by atoms with Crippen molar-refractivity contribution in [2.24, 2.45) is 11.1 Å². The summed E-state index contributed by atoms with van der Waals surface area (Å²) in [5.41, 5.74) is 0.929. The second-order valence-corrected chi connectivity index (χ2v) is 7.98. The Morgan fingerprint density at radius 3 is 2.38 bits per heavy atom. The van der Waals surface area contributed by atoms with Gasteiger partial charge in [0.2, 0.25) is 10.0 Å². The number of sulfonamides is 1. The monoisotopic (exact) mass is 376 g/mol. The largest absolute Gasteiger partial charge is 0.350 e. The first kappa shape index (κ1) is 18.1. The van der Waals surface area contributed by atoms with Gasteiger partial charge >= 0.3 is 0 Å². The molecule has 118 valence electrons. The summed E-state index contributed by atoms with van der Waals surface area (Å²) in [5.74, 6) is 0.163. The normalized spacial score (nSPS) is 13.3. The van der Waals surface area contributed by atoms with E-state index in [9.17, 15) is 13.2 Å². The minimum absolute atomic E-state index is 0.0133. The standard InChI is InChI=1S/C14H21BrN2O3S/c1-8(2)5-10(4)17-14(18)11-6-9(3)13(15)12(7-11)21(16,19)20/h6-8,10H,5H2,1-4H3,(H,17,18)(H2,16,19,20). The van der Waals surface area contributed by atoms with E-state index in [1.807, 2.05) is 6.92 Å². The molecule has 1 unspecified atom stereocenters. The Labute approximate surface area is 134 Å². The molecule has 0 heterocycles. The molecule has 1 rings (SSSR count). The lowest BCUT2D eigenvalue weighted by Crippen LogP contribution is -2.33. The second kappa shape index (κ2) is 6.89. The molecule has 1 amide bonds. The number of hydrogen-bond donors (Lipinski definition) is 2. The van der Waals surface area contributed by atoms with Gasteiger partial charge in [-0.25, -0.2) is 13.6 Å². The van der Waals surface area contributed by atoms with Gasteiger partial charge in [0.05, 0.1) is 4.90 Å². The predicted molar refractivity (Wildman–Crippen MR) is 86.6 cm³/mol. The van der Waals surface area contributed by atoms with E-state index in [1.54, 1.807) is 13.0 Å². The van der Waals surface area contributed by atoms with Gasteiger partial charge in [-0.2, -0.15) is 0 Å². The summed E-state index contributed by atoms with van der Waals surface area (Å²) >= 11 is 3.19. The highest BCUT2D eigenvalue weighted by Gasteiger charge is 2.19. The van der Waals surface area contributed by atoms with E-state index in [2.05, 4.69) is 35.1 Å². The third-order valence-corrected chi connectivity index (χ3v) is 5.24. The number of amides is 1. The number of rotatable bonds is 5. The van der Waals surface area contributed by atoms with Gasteiger partial charge < -0.3 is 5.32 Å². The van der Waals surface area contributed by atoms with Crippen LogP contribution in [0.15, 0.2) is 21.5 Å². The molecule has 0 aromatic heterocycles. The van der Waals surface area contributed by atoms with Crippen LogP contribution in [0.25, 0.3) is 0 Å². The number of carbonyl (C=O) groups is 1. The highest BCUT2D eigenvalue weighted by Crippen LogP contribution is 2.26. The van der Waals surface area contributed by atoms with Crippen LogP contribution in [0.5, 0.6) is 0 Å². The summed E-state index contributed by atoms with van der Waals surface area (Å²) in [4.78, 5) is 12.1. The van der Waals surface area contributed by atoms with Crippen LogP contribution in [-0.2, 0) is 10.0 Å². The second-order valence-electron chi connectivity index (χ2n) is 5.65. The fourth-order valence-corrected chi connectivity index (χ4v) is 3.76. The highest BCUT2D eigenvalue weighted by atomic mass is 79.9. The van der Waals surface area contributed by atoms with E-state index < -0.39 is 10.0 Å². The highest BCUT2D eigenvalue weighted by molar-refractivity contribution is 9.10.